The predicted octanol–water partition coefficient (Wildman–Crippen LogP) is 4.67. The van der Waals surface area contributed by atoms with E-state index in [-0.39, 0.29) is 6.04 Å². The number of benzene rings is 2. The first-order valence-electron chi connectivity index (χ1n) is 8.14. The number of halogens is 3. The molecule has 0 spiro atoms. The van der Waals surface area contributed by atoms with Crippen LogP contribution in [0.1, 0.15) is 42.0 Å². The number of hydrogen-bond acceptors (Lipinski definition) is 2. The maximum absolute atomic E-state index is 12.7. The molecule has 0 aromatic heterocycles. The van der Waals surface area contributed by atoms with E-state index in [4.69, 9.17) is 5.73 Å². The summed E-state index contributed by atoms with van der Waals surface area (Å²) in [5.74, 6) is 0. The lowest BCUT2D eigenvalue weighted by Gasteiger charge is -2.14. The van der Waals surface area contributed by atoms with Crippen LogP contribution in [0.25, 0.3) is 0 Å². The SMILES string of the molecule is N[C@@H](CCCCNCc1ccccc1)c1cccc(C(F)(F)F)c1. The summed E-state index contributed by atoms with van der Waals surface area (Å²) in [6.07, 6.45) is -1.83. The summed E-state index contributed by atoms with van der Waals surface area (Å²) in [5, 5.41) is 3.35. The summed E-state index contributed by atoms with van der Waals surface area (Å²) in [4.78, 5) is 0. The fourth-order valence-corrected chi connectivity index (χ4v) is 2.56. The number of nitrogens with two attached hydrogens (primary N) is 1. The third-order valence-electron chi connectivity index (χ3n) is 3.93. The van der Waals surface area contributed by atoms with Gasteiger partial charge in [0.1, 0.15) is 0 Å². The lowest BCUT2D eigenvalue weighted by Crippen LogP contribution is -2.16. The second kappa shape index (κ2) is 8.85. The third kappa shape index (κ3) is 5.98. The van der Waals surface area contributed by atoms with Crippen molar-refractivity contribution >= 4 is 0 Å². The van der Waals surface area contributed by atoms with E-state index < -0.39 is 11.7 Å². The standard InChI is InChI=1S/C19H23F3N2/c20-19(21,22)17-10-6-9-16(13-17)18(23)11-4-5-12-24-14-15-7-2-1-3-8-15/h1-3,6-10,13,18,24H,4-5,11-12,14,23H2/t18-/m0/s1. The lowest BCUT2D eigenvalue weighted by molar-refractivity contribution is -0.137. The minimum Gasteiger partial charge on any atom is -0.324 e. The van der Waals surface area contributed by atoms with E-state index >= 15 is 0 Å². The number of unbranched alkanes of at least 4 members (excludes halogenated alkanes) is 1. The molecule has 24 heavy (non-hydrogen) atoms. The van der Waals surface area contributed by atoms with Crippen molar-refractivity contribution in [2.45, 2.75) is 38.0 Å². The Morgan fingerprint density at radius 3 is 2.42 bits per heavy atom. The number of rotatable bonds is 8. The van der Waals surface area contributed by atoms with Gasteiger partial charge in [0.2, 0.25) is 0 Å². The third-order valence-corrected chi connectivity index (χ3v) is 3.93. The molecule has 0 heterocycles. The molecule has 2 nitrogen and oxygen atoms in total. The Morgan fingerprint density at radius 2 is 1.71 bits per heavy atom. The Hall–Kier alpha value is -1.85. The van der Waals surface area contributed by atoms with Crippen molar-refractivity contribution in [3.05, 3.63) is 71.3 Å². The average Bonchev–Trinajstić information content (AvgIpc) is 2.58. The Labute approximate surface area is 140 Å². The van der Waals surface area contributed by atoms with E-state index in [0.29, 0.717) is 12.0 Å². The summed E-state index contributed by atoms with van der Waals surface area (Å²) in [6.45, 7) is 1.69. The summed E-state index contributed by atoms with van der Waals surface area (Å²) in [6, 6.07) is 15.1. The topological polar surface area (TPSA) is 38.0 Å². The van der Waals surface area contributed by atoms with Crippen LogP contribution < -0.4 is 11.1 Å². The molecule has 0 bridgehead atoms. The molecule has 0 aliphatic carbocycles. The summed E-state index contributed by atoms with van der Waals surface area (Å²) in [5.41, 5.74) is 7.16. The van der Waals surface area contributed by atoms with Crippen molar-refractivity contribution in [3.63, 3.8) is 0 Å². The van der Waals surface area contributed by atoms with Crippen molar-refractivity contribution in [1.29, 1.82) is 0 Å². The van der Waals surface area contributed by atoms with Gasteiger partial charge in [0.05, 0.1) is 5.56 Å². The van der Waals surface area contributed by atoms with Crippen LogP contribution in [-0.2, 0) is 12.7 Å². The Balaban J connectivity index is 1.69. The highest BCUT2D eigenvalue weighted by atomic mass is 19.4. The van der Waals surface area contributed by atoms with Gasteiger partial charge in [-0.05, 0) is 42.6 Å². The Morgan fingerprint density at radius 1 is 0.958 bits per heavy atom. The molecule has 2 rings (SSSR count). The van der Waals surface area contributed by atoms with Gasteiger partial charge in [-0.15, -0.1) is 0 Å². The number of hydrogen-bond donors (Lipinski definition) is 2. The van der Waals surface area contributed by atoms with Gasteiger partial charge < -0.3 is 11.1 Å². The first kappa shape index (κ1) is 18.5. The monoisotopic (exact) mass is 336 g/mol. The van der Waals surface area contributed by atoms with Gasteiger partial charge in [-0.1, -0.05) is 48.9 Å². The molecule has 2 aromatic carbocycles. The molecule has 130 valence electrons. The summed E-state index contributed by atoms with van der Waals surface area (Å²) >= 11 is 0. The van der Waals surface area contributed by atoms with Crippen LogP contribution in [-0.4, -0.2) is 6.54 Å². The van der Waals surface area contributed by atoms with Crippen molar-refractivity contribution in [2.24, 2.45) is 5.73 Å². The highest BCUT2D eigenvalue weighted by Gasteiger charge is 2.30. The molecule has 0 aliphatic heterocycles. The van der Waals surface area contributed by atoms with Gasteiger partial charge in [-0.3, -0.25) is 0 Å². The predicted molar refractivity (Wildman–Crippen MR) is 90.4 cm³/mol. The Kier molecular flexibility index (Phi) is 6.82. The van der Waals surface area contributed by atoms with E-state index in [0.717, 1.165) is 38.1 Å². The molecule has 0 amide bonds. The van der Waals surface area contributed by atoms with Crippen LogP contribution >= 0.6 is 0 Å². The van der Waals surface area contributed by atoms with Gasteiger partial charge in [-0.2, -0.15) is 13.2 Å². The quantitative estimate of drug-likeness (QED) is 0.688. The zero-order valence-corrected chi connectivity index (χ0v) is 13.5. The highest BCUT2D eigenvalue weighted by Crippen LogP contribution is 2.31. The van der Waals surface area contributed by atoms with E-state index in [1.807, 2.05) is 18.2 Å². The van der Waals surface area contributed by atoms with Crippen LogP contribution in [0.15, 0.2) is 54.6 Å². The second-order valence-electron chi connectivity index (χ2n) is 5.89. The van der Waals surface area contributed by atoms with Gasteiger partial charge in [0.25, 0.3) is 0 Å². The van der Waals surface area contributed by atoms with Crippen LogP contribution in [0.5, 0.6) is 0 Å². The smallest absolute Gasteiger partial charge is 0.324 e. The highest BCUT2D eigenvalue weighted by molar-refractivity contribution is 5.27. The summed E-state index contributed by atoms with van der Waals surface area (Å²) in [7, 11) is 0. The fraction of sp³-hybridized carbons (Fsp3) is 0.368. The molecular weight excluding hydrogens is 313 g/mol. The molecule has 2 aromatic rings. The van der Waals surface area contributed by atoms with Gasteiger partial charge in [-0.25, -0.2) is 0 Å². The van der Waals surface area contributed by atoms with Crippen molar-refractivity contribution in [2.75, 3.05) is 6.54 Å². The van der Waals surface area contributed by atoms with E-state index in [9.17, 15) is 13.2 Å². The fourth-order valence-electron chi connectivity index (χ4n) is 2.56. The molecule has 5 heteroatoms. The molecule has 1 atom stereocenters. The number of alkyl halides is 3. The maximum Gasteiger partial charge on any atom is 0.416 e. The normalized spacial score (nSPS) is 13.0. The molecule has 0 saturated heterocycles. The van der Waals surface area contributed by atoms with Crippen molar-refractivity contribution < 1.29 is 13.2 Å². The largest absolute Gasteiger partial charge is 0.416 e. The van der Waals surface area contributed by atoms with Crippen LogP contribution in [0, 0.1) is 0 Å². The second-order valence-corrected chi connectivity index (χ2v) is 5.89. The van der Waals surface area contributed by atoms with E-state index in [1.165, 1.54) is 11.6 Å². The molecule has 0 unspecified atom stereocenters. The minimum atomic E-state index is -4.32. The maximum atomic E-state index is 12.7. The van der Waals surface area contributed by atoms with Crippen molar-refractivity contribution in [3.8, 4) is 0 Å². The van der Waals surface area contributed by atoms with Gasteiger partial charge in [0, 0.05) is 12.6 Å². The Bertz CT molecular complexity index is 612. The first-order valence-corrected chi connectivity index (χ1v) is 8.14. The zero-order chi connectivity index (χ0) is 17.4. The van der Waals surface area contributed by atoms with Gasteiger partial charge in [0.15, 0.2) is 0 Å². The molecular formula is C19H23F3N2. The van der Waals surface area contributed by atoms with Gasteiger partial charge >= 0.3 is 6.18 Å². The molecule has 3 N–H and O–H groups in total. The van der Waals surface area contributed by atoms with E-state index in [1.54, 1.807) is 6.07 Å². The van der Waals surface area contributed by atoms with Crippen LogP contribution in [0.4, 0.5) is 13.2 Å². The van der Waals surface area contributed by atoms with Crippen LogP contribution in [0.3, 0.4) is 0 Å². The number of nitrogens with one attached hydrogen (secondary N) is 1. The molecule has 0 saturated carbocycles. The molecule has 0 fully saturated rings. The summed E-state index contributed by atoms with van der Waals surface area (Å²) < 4.78 is 38.1. The first-order chi connectivity index (χ1) is 11.5. The zero-order valence-electron chi connectivity index (χ0n) is 13.5. The van der Waals surface area contributed by atoms with Crippen molar-refractivity contribution in [1.82, 2.24) is 5.32 Å². The average molecular weight is 336 g/mol. The lowest BCUT2D eigenvalue weighted by atomic mass is 10.00. The van der Waals surface area contributed by atoms with E-state index in [2.05, 4.69) is 17.4 Å². The van der Waals surface area contributed by atoms with Crippen LogP contribution in [0.2, 0.25) is 0 Å². The molecule has 0 aliphatic rings. The molecule has 0 radical (unpaired) electrons. The minimum absolute atomic E-state index is 0.360.